The summed E-state index contributed by atoms with van der Waals surface area (Å²) in [5, 5.41) is 4.91. The molecule has 61 heavy (non-hydrogen) atoms. The molecule has 0 unspecified atom stereocenters. The predicted molar refractivity (Wildman–Crippen MR) is 266 cm³/mol. The molecule has 306 valence electrons. The molecule has 0 radical (unpaired) electrons. The molecule has 9 aromatic rings. The second-order valence-electron chi connectivity index (χ2n) is 18.9. The Hall–Kier alpha value is -5.66. The van der Waals surface area contributed by atoms with Gasteiger partial charge in [-0.3, -0.25) is 0 Å². The lowest BCUT2D eigenvalue weighted by atomic mass is 9.74. The van der Waals surface area contributed by atoms with Gasteiger partial charge in [0.2, 0.25) is 0 Å². The van der Waals surface area contributed by atoms with Crippen LogP contribution in [0.1, 0.15) is 121 Å². The molecule has 1 nitrogen and oxygen atoms in total. The van der Waals surface area contributed by atoms with E-state index in [1.54, 1.807) is 6.92 Å². The molecule has 8 aromatic carbocycles. The van der Waals surface area contributed by atoms with Gasteiger partial charge in [-0.05, 0) is 265 Å². The van der Waals surface area contributed by atoms with Gasteiger partial charge in [-0.1, -0.05) is 61.7 Å². The largest absolute Gasteiger partial charge is 0.455 e. The van der Waals surface area contributed by atoms with Crippen molar-refractivity contribution in [3.63, 3.8) is 0 Å². The summed E-state index contributed by atoms with van der Waals surface area (Å²) in [5.41, 5.74) is 18.5. The molecule has 0 fully saturated rings. The van der Waals surface area contributed by atoms with Crippen LogP contribution in [0.3, 0.4) is 0 Å². The fourth-order valence-corrected chi connectivity index (χ4v) is 11.1. The molecule has 0 saturated carbocycles. The summed E-state index contributed by atoms with van der Waals surface area (Å²) in [6, 6.07) is 1.24. The van der Waals surface area contributed by atoms with Gasteiger partial charge in [0.25, 0.3) is 0 Å². The Bertz CT molecular complexity index is 3970. The van der Waals surface area contributed by atoms with Crippen LogP contribution in [0.2, 0.25) is 0 Å². The molecule has 0 aliphatic heterocycles. The second kappa shape index (κ2) is 12.9. The number of rotatable bonds is 2. The third kappa shape index (κ3) is 5.01. The van der Waals surface area contributed by atoms with Crippen molar-refractivity contribution in [1.29, 1.82) is 0 Å². The first-order chi connectivity index (χ1) is 32.6. The lowest BCUT2D eigenvalue weighted by molar-refractivity contribution is 0.655. The fourth-order valence-electron chi connectivity index (χ4n) is 11.1. The number of furan rings is 1. The SMILES string of the molecule is [2H]c1c([2H])c2c(c([2H])c1C)-c1c(C)c(C)c(-c3c4c([2H])c(C)c(C)c([2H])c4c(-c4c(C)c(C)c5oc6c(C)c7c(C)c(C)c(C)c(C)c7c([2H])c6c5c4[2H])c4c([2H])c([2H])c(C)c(C)c34)c(C)c1C2(C)C. The van der Waals surface area contributed by atoms with Gasteiger partial charge in [0.05, 0.1) is 12.3 Å². The van der Waals surface area contributed by atoms with E-state index < -0.39 is 5.41 Å². The van der Waals surface area contributed by atoms with Crippen molar-refractivity contribution in [2.75, 3.05) is 0 Å². The first kappa shape index (κ1) is 30.4. The van der Waals surface area contributed by atoms with E-state index in [1.807, 2.05) is 48.5 Å². The zero-order valence-corrected chi connectivity index (χ0v) is 38.9. The van der Waals surface area contributed by atoms with Crippen LogP contribution in [-0.4, -0.2) is 0 Å². The highest BCUT2D eigenvalue weighted by Gasteiger charge is 2.40. The molecule has 1 aromatic heterocycles. The smallest absolute Gasteiger partial charge is 0.138 e. The normalized spacial score (nSPS) is 15.5. The fraction of sp³-hybridized carbons (Fsp3) is 0.300. The van der Waals surface area contributed by atoms with Crippen molar-refractivity contribution in [3.05, 3.63) is 149 Å². The molecule has 0 bridgehead atoms. The van der Waals surface area contributed by atoms with E-state index in [4.69, 9.17) is 5.79 Å². The molecule has 0 amide bonds. The predicted octanol–water partition coefficient (Wildman–Crippen LogP) is 17.3. The summed E-state index contributed by atoms with van der Waals surface area (Å²) >= 11 is 0. The number of hydrogen-bond donors (Lipinski definition) is 0. The van der Waals surface area contributed by atoms with E-state index >= 15 is 0 Å². The quantitative estimate of drug-likeness (QED) is 0.159. The van der Waals surface area contributed by atoms with Crippen molar-refractivity contribution >= 4 is 54.3 Å². The molecule has 1 aliphatic carbocycles. The van der Waals surface area contributed by atoms with Crippen molar-refractivity contribution in [1.82, 2.24) is 0 Å². The lowest BCUT2D eigenvalue weighted by Crippen LogP contribution is -2.17. The maximum absolute atomic E-state index is 10.5. The van der Waals surface area contributed by atoms with Crippen LogP contribution in [-0.2, 0) is 5.41 Å². The number of benzene rings is 8. The minimum atomic E-state index is -0.784. The molecule has 0 N–H and O–H groups in total. The Balaban J connectivity index is 1.48. The molecule has 1 aliphatic rings. The highest BCUT2D eigenvalue weighted by atomic mass is 16.3. The first-order valence-corrected chi connectivity index (χ1v) is 21.7. The van der Waals surface area contributed by atoms with Gasteiger partial charge < -0.3 is 4.42 Å². The van der Waals surface area contributed by atoms with E-state index in [0.717, 1.165) is 83.1 Å². The van der Waals surface area contributed by atoms with Gasteiger partial charge in [0.15, 0.2) is 0 Å². The zero-order valence-electron chi connectivity index (χ0n) is 47.9. The van der Waals surface area contributed by atoms with Crippen LogP contribution < -0.4 is 0 Å². The van der Waals surface area contributed by atoms with Crippen LogP contribution in [0.15, 0.2) is 58.8 Å². The van der Waals surface area contributed by atoms with Gasteiger partial charge >= 0.3 is 0 Å². The zero-order chi connectivity index (χ0) is 51.5. The molecular formula is C60H60O. The Morgan fingerprint density at radius 1 is 0.377 bits per heavy atom. The number of aryl methyl sites for hydroxylation is 5. The Morgan fingerprint density at radius 2 is 0.984 bits per heavy atom. The maximum Gasteiger partial charge on any atom is 0.138 e. The summed E-state index contributed by atoms with van der Waals surface area (Å²) in [6.07, 6.45) is 0. The molecule has 0 atom stereocenters. The molecule has 10 rings (SSSR count). The molecule has 1 heterocycles. The van der Waals surface area contributed by atoms with Crippen molar-refractivity contribution in [2.24, 2.45) is 0 Å². The summed E-state index contributed by atoms with van der Waals surface area (Å²) in [4.78, 5) is 0. The van der Waals surface area contributed by atoms with Crippen molar-refractivity contribution in [3.8, 4) is 33.4 Å². The van der Waals surface area contributed by atoms with E-state index in [9.17, 15) is 11.0 Å². The van der Waals surface area contributed by atoms with Crippen molar-refractivity contribution < 1.29 is 16.8 Å². The Kier molecular flexibility index (Phi) is 6.44. The van der Waals surface area contributed by atoms with Gasteiger partial charge in [0, 0.05) is 21.8 Å². The number of fused-ring (bicyclic) bond motifs is 9. The summed E-state index contributed by atoms with van der Waals surface area (Å²) in [7, 11) is 0. The topological polar surface area (TPSA) is 13.1 Å². The van der Waals surface area contributed by atoms with Gasteiger partial charge in [0.1, 0.15) is 11.2 Å². The van der Waals surface area contributed by atoms with Crippen LogP contribution in [0.5, 0.6) is 0 Å². The van der Waals surface area contributed by atoms with Gasteiger partial charge in [-0.15, -0.1) is 0 Å². The molecule has 1 heteroatoms. The van der Waals surface area contributed by atoms with Gasteiger partial charge in [-0.2, -0.15) is 0 Å². The monoisotopic (exact) mass is 806 g/mol. The second-order valence-corrected chi connectivity index (χ2v) is 18.9. The molecule has 0 saturated heterocycles. The average molecular weight is 806 g/mol. The van der Waals surface area contributed by atoms with Crippen molar-refractivity contribution in [2.45, 2.75) is 123 Å². The summed E-state index contributed by atoms with van der Waals surface area (Å²) < 4.78 is 95.1. The van der Waals surface area contributed by atoms with E-state index in [0.29, 0.717) is 99.6 Å². The minimum Gasteiger partial charge on any atom is -0.455 e. The summed E-state index contributed by atoms with van der Waals surface area (Å²) in [5.74, 6) is 0. The molecule has 0 spiro atoms. The summed E-state index contributed by atoms with van der Waals surface area (Å²) in [6.45, 7) is 34.0. The minimum absolute atomic E-state index is 0.0361. The third-order valence-electron chi connectivity index (χ3n) is 15.3. The number of hydrogen-bond acceptors (Lipinski definition) is 1. The average Bonchev–Trinajstić information content (AvgIpc) is 3.85. The van der Waals surface area contributed by atoms with E-state index in [-0.39, 0.29) is 48.3 Å². The standard InChI is InChI=1S/C60H60O/c1-27-18-21-50-49(22-27)54-38(12)37(11)52(40(14)57(54)60(50,16)17)56-46-24-30(4)29(3)23-45(46)55(42-20-19-28(2)31(5)53(42)56)44-26-47-48-25-43-34(8)32(6)33(7)36(10)51(43)41(15)59(48)61-58(47)39(13)35(44)9/h18-26H,1-17H3/i18D,19D,20D,21D,22D,23D,24D,25D,26D. The highest BCUT2D eigenvalue weighted by Crippen LogP contribution is 2.57. The third-order valence-corrected chi connectivity index (χ3v) is 15.3. The van der Waals surface area contributed by atoms with Crippen LogP contribution in [0.25, 0.3) is 87.6 Å². The molecular weight excluding hydrogens is 737 g/mol. The lowest BCUT2D eigenvalue weighted by Gasteiger charge is -2.29. The van der Waals surface area contributed by atoms with E-state index in [1.165, 1.54) is 5.56 Å². The van der Waals surface area contributed by atoms with Crippen LogP contribution >= 0.6 is 0 Å². The maximum atomic E-state index is 10.5. The van der Waals surface area contributed by atoms with Gasteiger partial charge in [-0.25, -0.2) is 0 Å². The Labute approximate surface area is 375 Å². The first-order valence-electron chi connectivity index (χ1n) is 26.2. The Morgan fingerprint density at radius 3 is 1.67 bits per heavy atom. The van der Waals surface area contributed by atoms with Crippen LogP contribution in [0.4, 0.5) is 0 Å². The van der Waals surface area contributed by atoms with Crippen LogP contribution in [0, 0.1) is 104 Å². The highest BCUT2D eigenvalue weighted by molar-refractivity contribution is 6.25. The van der Waals surface area contributed by atoms with E-state index in [2.05, 4.69) is 62.3 Å².